The van der Waals surface area contributed by atoms with E-state index in [0.29, 0.717) is 6.61 Å². The predicted octanol–water partition coefficient (Wildman–Crippen LogP) is 1.90. The van der Waals surface area contributed by atoms with E-state index in [-0.39, 0.29) is 0 Å². The molecule has 1 aromatic heterocycles. The molecule has 0 amide bonds. The Hall–Kier alpha value is -1.53. The summed E-state index contributed by atoms with van der Waals surface area (Å²) in [5.74, 6) is 6.49. The van der Waals surface area contributed by atoms with E-state index in [2.05, 4.69) is 29.1 Å². The number of hydrogen-bond acceptors (Lipinski definition) is 3. The first-order valence-corrected chi connectivity index (χ1v) is 5.47. The molecule has 1 aromatic rings. The van der Waals surface area contributed by atoms with Crippen LogP contribution >= 0.6 is 0 Å². The summed E-state index contributed by atoms with van der Waals surface area (Å²) in [6, 6.07) is 3.90. The molecule has 86 valence electrons. The highest BCUT2D eigenvalue weighted by atomic mass is 16.5. The van der Waals surface area contributed by atoms with E-state index in [9.17, 15) is 0 Å². The first-order chi connectivity index (χ1) is 7.77. The third-order valence-electron chi connectivity index (χ3n) is 2.09. The van der Waals surface area contributed by atoms with Gasteiger partial charge in [-0.3, -0.25) is 4.98 Å². The molecule has 0 aliphatic rings. The van der Waals surface area contributed by atoms with Crippen molar-refractivity contribution < 1.29 is 4.74 Å². The van der Waals surface area contributed by atoms with Crippen LogP contribution in [0.2, 0.25) is 0 Å². The van der Waals surface area contributed by atoms with E-state index < -0.39 is 0 Å². The van der Waals surface area contributed by atoms with Crippen molar-refractivity contribution in [3.63, 3.8) is 0 Å². The van der Waals surface area contributed by atoms with Crippen LogP contribution in [0.5, 0.6) is 5.75 Å². The van der Waals surface area contributed by atoms with Gasteiger partial charge in [0.1, 0.15) is 12.4 Å². The molecule has 0 saturated carbocycles. The summed E-state index contributed by atoms with van der Waals surface area (Å²) in [7, 11) is 0. The highest BCUT2D eigenvalue weighted by molar-refractivity contribution is 5.29. The Morgan fingerprint density at radius 2 is 2.25 bits per heavy atom. The molecular weight excluding hydrogens is 200 g/mol. The largest absolute Gasteiger partial charge is 0.479 e. The molecule has 0 radical (unpaired) electrons. The van der Waals surface area contributed by atoms with Crippen molar-refractivity contribution in [3.8, 4) is 17.6 Å². The molecule has 1 N–H and O–H groups in total. The average molecular weight is 218 g/mol. The van der Waals surface area contributed by atoms with Crippen molar-refractivity contribution >= 4 is 0 Å². The van der Waals surface area contributed by atoms with Crippen LogP contribution in [0.4, 0.5) is 0 Å². The number of pyridine rings is 1. The zero-order valence-electron chi connectivity index (χ0n) is 10.1. The second-order valence-corrected chi connectivity index (χ2v) is 3.39. The fraction of sp³-hybridized carbons (Fsp3) is 0.462. The van der Waals surface area contributed by atoms with Crippen molar-refractivity contribution in [2.24, 2.45) is 0 Å². The second-order valence-electron chi connectivity index (χ2n) is 3.39. The van der Waals surface area contributed by atoms with Gasteiger partial charge in [-0.05, 0) is 32.5 Å². The van der Waals surface area contributed by atoms with Crippen LogP contribution in [0.25, 0.3) is 0 Å². The smallest absolute Gasteiger partial charge is 0.149 e. The Kier molecular flexibility index (Phi) is 5.38. The topological polar surface area (TPSA) is 34.1 Å². The standard InChI is InChI=1S/C13H18N2O/c1-4-6-9-16-13-8-7-11(3)15-12(13)10-14-5-2/h7-8,14H,5,9-10H2,1-3H3. The van der Waals surface area contributed by atoms with Gasteiger partial charge in [0.2, 0.25) is 0 Å². The Morgan fingerprint density at radius 1 is 1.44 bits per heavy atom. The zero-order valence-corrected chi connectivity index (χ0v) is 10.1. The van der Waals surface area contributed by atoms with Crippen LogP contribution in [0.3, 0.4) is 0 Å². The summed E-state index contributed by atoms with van der Waals surface area (Å²) in [4.78, 5) is 4.45. The lowest BCUT2D eigenvalue weighted by Crippen LogP contribution is -2.14. The van der Waals surface area contributed by atoms with Crippen LogP contribution in [0.1, 0.15) is 25.2 Å². The number of rotatable bonds is 5. The Labute approximate surface area is 97.2 Å². The Morgan fingerprint density at radius 3 is 2.94 bits per heavy atom. The maximum atomic E-state index is 5.55. The molecule has 0 unspecified atom stereocenters. The molecule has 0 saturated heterocycles. The number of hydrogen-bond donors (Lipinski definition) is 1. The number of ether oxygens (including phenoxy) is 1. The van der Waals surface area contributed by atoms with Crippen molar-refractivity contribution in [2.45, 2.75) is 27.3 Å². The van der Waals surface area contributed by atoms with Gasteiger partial charge >= 0.3 is 0 Å². The zero-order chi connectivity index (χ0) is 11.8. The Bertz CT molecular complexity index is 391. The lowest BCUT2D eigenvalue weighted by Gasteiger charge is -2.09. The number of aromatic nitrogens is 1. The maximum Gasteiger partial charge on any atom is 0.149 e. The third-order valence-corrected chi connectivity index (χ3v) is 2.09. The molecule has 1 rings (SSSR count). The Balaban J connectivity index is 2.74. The van der Waals surface area contributed by atoms with E-state index in [1.165, 1.54) is 0 Å². The molecule has 3 nitrogen and oxygen atoms in total. The molecule has 0 bridgehead atoms. The van der Waals surface area contributed by atoms with Gasteiger partial charge in [-0.1, -0.05) is 12.8 Å². The summed E-state index contributed by atoms with van der Waals surface area (Å²) in [6.07, 6.45) is 0. The van der Waals surface area contributed by atoms with Crippen LogP contribution < -0.4 is 10.1 Å². The number of aryl methyl sites for hydroxylation is 1. The minimum absolute atomic E-state index is 0.417. The third kappa shape index (κ3) is 3.92. The van der Waals surface area contributed by atoms with Crippen LogP contribution in [0, 0.1) is 18.8 Å². The van der Waals surface area contributed by atoms with Crippen LogP contribution in [-0.4, -0.2) is 18.1 Å². The van der Waals surface area contributed by atoms with E-state index in [1.54, 1.807) is 6.92 Å². The maximum absolute atomic E-state index is 5.55. The van der Waals surface area contributed by atoms with Crippen molar-refractivity contribution in [2.75, 3.05) is 13.2 Å². The lowest BCUT2D eigenvalue weighted by atomic mass is 10.3. The minimum Gasteiger partial charge on any atom is -0.479 e. The molecule has 0 aliphatic carbocycles. The summed E-state index contributed by atoms with van der Waals surface area (Å²) in [5, 5.41) is 3.24. The first-order valence-electron chi connectivity index (χ1n) is 5.47. The first kappa shape index (κ1) is 12.5. The van der Waals surface area contributed by atoms with Crippen molar-refractivity contribution in [3.05, 3.63) is 23.5 Å². The number of nitrogens with one attached hydrogen (secondary N) is 1. The normalized spacial score (nSPS) is 9.44. The highest BCUT2D eigenvalue weighted by Gasteiger charge is 2.04. The average Bonchev–Trinajstić information content (AvgIpc) is 2.29. The monoisotopic (exact) mass is 218 g/mol. The van der Waals surface area contributed by atoms with Gasteiger partial charge in [-0.2, -0.15) is 0 Å². The van der Waals surface area contributed by atoms with Gasteiger partial charge in [-0.25, -0.2) is 0 Å². The molecule has 16 heavy (non-hydrogen) atoms. The second kappa shape index (κ2) is 6.86. The number of nitrogens with zero attached hydrogens (tertiary/aromatic N) is 1. The molecule has 1 heterocycles. The minimum atomic E-state index is 0.417. The fourth-order valence-electron chi connectivity index (χ4n) is 1.29. The summed E-state index contributed by atoms with van der Waals surface area (Å²) >= 11 is 0. The molecule has 0 spiro atoms. The van der Waals surface area contributed by atoms with Gasteiger partial charge in [0, 0.05) is 12.2 Å². The molecular formula is C13H18N2O. The SMILES string of the molecule is CC#CCOc1ccc(C)nc1CNCC. The van der Waals surface area contributed by atoms with Crippen LogP contribution in [0.15, 0.2) is 12.1 Å². The predicted molar refractivity (Wildman–Crippen MR) is 65.3 cm³/mol. The van der Waals surface area contributed by atoms with E-state index in [0.717, 1.165) is 30.2 Å². The van der Waals surface area contributed by atoms with E-state index in [1.807, 2.05) is 19.1 Å². The quantitative estimate of drug-likeness (QED) is 0.766. The summed E-state index contributed by atoms with van der Waals surface area (Å²) in [6.45, 7) is 7.91. The lowest BCUT2D eigenvalue weighted by molar-refractivity contribution is 0.362. The summed E-state index contributed by atoms with van der Waals surface area (Å²) in [5.41, 5.74) is 1.95. The molecule has 0 aromatic carbocycles. The van der Waals surface area contributed by atoms with Gasteiger partial charge in [0.15, 0.2) is 0 Å². The highest BCUT2D eigenvalue weighted by Crippen LogP contribution is 2.16. The van der Waals surface area contributed by atoms with Crippen molar-refractivity contribution in [1.29, 1.82) is 0 Å². The van der Waals surface area contributed by atoms with Crippen LogP contribution in [-0.2, 0) is 6.54 Å². The molecule has 0 fully saturated rings. The van der Waals surface area contributed by atoms with Crippen molar-refractivity contribution in [1.82, 2.24) is 10.3 Å². The van der Waals surface area contributed by atoms with Gasteiger partial charge in [0.05, 0.1) is 5.69 Å². The van der Waals surface area contributed by atoms with Gasteiger partial charge < -0.3 is 10.1 Å². The fourth-order valence-corrected chi connectivity index (χ4v) is 1.29. The van der Waals surface area contributed by atoms with Gasteiger partial charge in [-0.15, -0.1) is 5.92 Å². The molecule has 3 heteroatoms. The van der Waals surface area contributed by atoms with E-state index >= 15 is 0 Å². The van der Waals surface area contributed by atoms with Gasteiger partial charge in [0.25, 0.3) is 0 Å². The molecule has 0 aliphatic heterocycles. The summed E-state index contributed by atoms with van der Waals surface area (Å²) < 4.78 is 5.55. The molecule has 0 atom stereocenters. The van der Waals surface area contributed by atoms with E-state index in [4.69, 9.17) is 4.74 Å².